The quantitative estimate of drug-likeness (QED) is 0.222. The standard InChI is InChI=1S/C45H33N5/c46-26-29-16-20-43(49-40-13-4-1-10-35(40)36-11-2-5-14-41(36)49)38(22-29)33-9-7-8-31(24-33)32-18-19-34(28-48)45(25-32)50-42-15-6-3-12-37(42)39-23-30(27-47)17-21-44(39)50/h3-9,12-15,17-19,21-25,39,44H,1-2,10-11,16,20H2/t39-,44?/m1/s1. The topological polar surface area (TPSA) is 79.5 Å². The number of benzene rings is 3. The zero-order valence-corrected chi connectivity index (χ0v) is 27.6. The van der Waals surface area contributed by atoms with Crippen molar-refractivity contribution in [3.05, 3.63) is 154 Å². The van der Waals surface area contributed by atoms with Crippen LogP contribution in [-0.4, -0.2) is 10.6 Å². The molecule has 50 heavy (non-hydrogen) atoms. The smallest absolute Gasteiger partial charge is 0.101 e. The van der Waals surface area contributed by atoms with Crippen molar-refractivity contribution in [1.82, 2.24) is 4.57 Å². The first-order valence-corrected chi connectivity index (χ1v) is 17.4. The Morgan fingerprint density at radius 3 is 2.18 bits per heavy atom. The zero-order valence-electron chi connectivity index (χ0n) is 27.6. The van der Waals surface area contributed by atoms with Gasteiger partial charge in [0, 0.05) is 45.4 Å². The van der Waals surface area contributed by atoms with Crippen molar-refractivity contribution in [3.63, 3.8) is 0 Å². The molecule has 5 nitrogen and oxygen atoms in total. The first-order chi connectivity index (χ1) is 24.7. The van der Waals surface area contributed by atoms with Gasteiger partial charge < -0.3 is 9.47 Å². The fourth-order valence-electron chi connectivity index (χ4n) is 8.62. The molecule has 0 radical (unpaired) electrons. The fraction of sp³-hybridized carbons (Fsp3) is 0.178. The van der Waals surface area contributed by atoms with Gasteiger partial charge in [0.25, 0.3) is 0 Å². The Morgan fingerprint density at radius 2 is 1.42 bits per heavy atom. The molecule has 9 rings (SSSR count). The summed E-state index contributed by atoms with van der Waals surface area (Å²) in [6, 6.07) is 30.2. The molecule has 2 heterocycles. The molecule has 0 saturated carbocycles. The number of aromatic nitrogens is 1. The van der Waals surface area contributed by atoms with Crippen molar-refractivity contribution >= 4 is 34.8 Å². The molecule has 0 bridgehead atoms. The summed E-state index contributed by atoms with van der Waals surface area (Å²) in [6.07, 6.45) is 23.1. The summed E-state index contributed by atoms with van der Waals surface area (Å²) in [6.45, 7) is 0. The van der Waals surface area contributed by atoms with E-state index in [9.17, 15) is 15.8 Å². The Kier molecular flexibility index (Phi) is 7.12. The van der Waals surface area contributed by atoms with E-state index >= 15 is 0 Å². The van der Waals surface area contributed by atoms with Gasteiger partial charge in [0.05, 0.1) is 29.4 Å². The van der Waals surface area contributed by atoms with Gasteiger partial charge in [0.1, 0.15) is 6.07 Å². The largest absolute Gasteiger partial charge is 0.332 e. The van der Waals surface area contributed by atoms with E-state index in [0.717, 1.165) is 83.3 Å². The lowest BCUT2D eigenvalue weighted by molar-refractivity contribution is 0.741. The Hall–Kier alpha value is -6.35. The summed E-state index contributed by atoms with van der Waals surface area (Å²) in [4.78, 5) is 2.26. The van der Waals surface area contributed by atoms with Crippen molar-refractivity contribution in [2.45, 2.75) is 50.5 Å². The van der Waals surface area contributed by atoms with Gasteiger partial charge in [-0.2, -0.15) is 15.8 Å². The minimum absolute atomic E-state index is 0.0250. The molecule has 3 aromatic carbocycles. The average molecular weight is 644 g/mol. The van der Waals surface area contributed by atoms with E-state index in [4.69, 9.17) is 0 Å². The summed E-state index contributed by atoms with van der Waals surface area (Å²) in [5, 5.41) is 30.0. The highest BCUT2D eigenvalue weighted by Crippen LogP contribution is 2.50. The monoisotopic (exact) mass is 643 g/mol. The Balaban J connectivity index is 1.18. The molecule has 0 spiro atoms. The van der Waals surface area contributed by atoms with Crippen molar-refractivity contribution in [3.8, 4) is 29.3 Å². The van der Waals surface area contributed by atoms with Gasteiger partial charge in [0.15, 0.2) is 0 Å². The number of fused-ring (bicyclic) bond motifs is 6. The summed E-state index contributed by atoms with van der Waals surface area (Å²) < 4.78 is 2.48. The molecule has 0 N–H and O–H groups in total. The first kappa shape index (κ1) is 29.8. The molecule has 0 fully saturated rings. The third-order valence-corrected chi connectivity index (χ3v) is 10.9. The molecule has 5 aliphatic rings. The van der Waals surface area contributed by atoms with Crippen LogP contribution >= 0.6 is 0 Å². The minimum atomic E-state index is -0.0378. The number of hydrogen-bond acceptors (Lipinski definition) is 4. The van der Waals surface area contributed by atoms with E-state index in [1.165, 1.54) is 28.2 Å². The normalized spacial score (nSPS) is 19.7. The van der Waals surface area contributed by atoms with Crippen LogP contribution < -0.4 is 4.90 Å². The summed E-state index contributed by atoms with van der Waals surface area (Å²) >= 11 is 0. The Morgan fingerprint density at radius 1 is 0.660 bits per heavy atom. The summed E-state index contributed by atoms with van der Waals surface area (Å²) in [7, 11) is 0. The average Bonchev–Trinajstić information content (AvgIpc) is 3.70. The SMILES string of the molecule is N#CC1=C[C@@H]2c3ccccc3N(c3cc(-c4cccc(C5=C(n6c7c(c8c6C=CCC8)CCC=C7)CCC(C#N)=C5)c4)ccc3C#N)C2C=C1. The predicted molar refractivity (Wildman–Crippen MR) is 200 cm³/mol. The van der Waals surface area contributed by atoms with Crippen molar-refractivity contribution in [2.75, 3.05) is 4.90 Å². The zero-order chi connectivity index (χ0) is 33.8. The third-order valence-electron chi connectivity index (χ3n) is 10.9. The maximum Gasteiger partial charge on any atom is 0.101 e. The van der Waals surface area contributed by atoms with Crippen LogP contribution in [0.3, 0.4) is 0 Å². The second-order valence-corrected chi connectivity index (χ2v) is 13.5. The lowest BCUT2D eigenvalue weighted by Crippen LogP contribution is -2.29. The molecule has 5 heteroatoms. The van der Waals surface area contributed by atoms with Gasteiger partial charge in [-0.05, 0) is 120 Å². The van der Waals surface area contributed by atoms with E-state index in [-0.39, 0.29) is 12.0 Å². The molecule has 4 aromatic rings. The van der Waals surface area contributed by atoms with E-state index in [2.05, 4.69) is 107 Å². The molecule has 4 aliphatic carbocycles. The maximum atomic E-state index is 10.3. The number of anilines is 2. The molecule has 0 amide bonds. The minimum Gasteiger partial charge on any atom is -0.332 e. The van der Waals surface area contributed by atoms with Crippen LogP contribution in [0.5, 0.6) is 0 Å². The number of nitriles is 3. The van der Waals surface area contributed by atoms with E-state index in [1.807, 2.05) is 36.4 Å². The number of allylic oxidation sites excluding steroid dienone is 8. The second kappa shape index (κ2) is 12.0. The van der Waals surface area contributed by atoms with E-state index < -0.39 is 0 Å². The predicted octanol–water partition coefficient (Wildman–Crippen LogP) is 10.2. The van der Waals surface area contributed by atoms with E-state index in [1.54, 1.807) is 0 Å². The van der Waals surface area contributed by atoms with Crippen LogP contribution in [-0.2, 0) is 12.8 Å². The van der Waals surface area contributed by atoms with Crippen LogP contribution in [0.2, 0.25) is 0 Å². The highest BCUT2D eigenvalue weighted by atomic mass is 15.2. The third kappa shape index (κ3) is 4.65. The molecule has 1 aliphatic heterocycles. The Labute approximate surface area is 292 Å². The van der Waals surface area contributed by atoms with Gasteiger partial charge in [-0.25, -0.2) is 0 Å². The van der Waals surface area contributed by atoms with Gasteiger partial charge >= 0.3 is 0 Å². The van der Waals surface area contributed by atoms with Crippen LogP contribution in [0.25, 0.3) is 34.5 Å². The van der Waals surface area contributed by atoms with Crippen molar-refractivity contribution in [1.29, 1.82) is 15.8 Å². The van der Waals surface area contributed by atoms with Gasteiger partial charge in [-0.3, -0.25) is 0 Å². The number of rotatable bonds is 4. The second-order valence-electron chi connectivity index (χ2n) is 13.5. The van der Waals surface area contributed by atoms with Crippen LogP contribution in [0.4, 0.5) is 11.4 Å². The molecule has 1 aromatic heterocycles. The van der Waals surface area contributed by atoms with Crippen LogP contribution in [0.15, 0.2) is 114 Å². The lowest BCUT2D eigenvalue weighted by Gasteiger charge is -2.30. The molecule has 0 saturated heterocycles. The van der Waals surface area contributed by atoms with Gasteiger partial charge in [-0.1, -0.05) is 66.8 Å². The van der Waals surface area contributed by atoms with Gasteiger partial charge in [0.2, 0.25) is 0 Å². The van der Waals surface area contributed by atoms with Crippen LogP contribution in [0, 0.1) is 34.0 Å². The fourth-order valence-corrected chi connectivity index (χ4v) is 8.62. The highest BCUT2D eigenvalue weighted by molar-refractivity contribution is 5.95. The van der Waals surface area contributed by atoms with Crippen molar-refractivity contribution in [2.24, 2.45) is 0 Å². The highest BCUT2D eigenvalue weighted by Gasteiger charge is 2.39. The number of para-hydroxylation sites is 1. The molecule has 1 unspecified atom stereocenters. The summed E-state index contributed by atoms with van der Waals surface area (Å²) in [5.41, 5.74) is 16.1. The number of hydrogen-bond donors (Lipinski definition) is 0. The van der Waals surface area contributed by atoms with Crippen LogP contribution in [0.1, 0.15) is 70.8 Å². The van der Waals surface area contributed by atoms with E-state index in [0.29, 0.717) is 11.1 Å². The molecule has 238 valence electrons. The van der Waals surface area contributed by atoms with Gasteiger partial charge in [-0.15, -0.1) is 0 Å². The maximum absolute atomic E-state index is 10.3. The lowest BCUT2D eigenvalue weighted by atomic mass is 9.88. The molecular weight excluding hydrogens is 611 g/mol. The Bertz CT molecular complexity index is 2400. The van der Waals surface area contributed by atoms with Crippen molar-refractivity contribution < 1.29 is 0 Å². The first-order valence-electron chi connectivity index (χ1n) is 17.4. The molecule has 2 atom stereocenters. The summed E-state index contributed by atoms with van der Waals surface area (Å²) in [5.74, 6) is 0.0250. The number of nitrogens with zero attached hydrogens (tertiary/aromatic N) is 5. The molecular formula is C45H33N5.